The van der Waals surface area contributed by atoms with Crippen molar-refractivity contribution < 1.29 is 58.5 Å². The summed E-state index contributed by atoms with van der Waals surface area (Å²) in [6.45, 7) is 0.159. The Labute approximate surface area is 430 Å². The highest BCUT2D eigenvalue weighted by atomic mass is 32.1. The molecule has 4 rings (SSSR count). The van der Waals surface area contributed by atoms with Gasteiger partial charge in [0.1, 0.15) is 48.0 Å². The number of hydrogen-bond acceptors (Lipinski definition) is 15. The molecule has 1 aliphatic heterocycles. The molecule has 8 atom stereocenters. The number of rotatable bonds is 29. The fourth-order valence-corrected chi connectivity index (χ4v) is 8.24. The molecule has 2 aromatic carbocycles. The highest BCUT2D eigenvalue weighted by Gasteiger charge is 2.40. The second-order valence-electron chi connectivity index (χ2n) is 17.1. The van der Waals surface area contributed by atoms with Crippen molar-refractivity contribution in [2.75, 3.05) is 24.6 Å². The number of hydrogen-bond donors (Lipinski definition) is 15. The van der Waals surface area contributed by atoms with E-state index in [4.69, 9.17) is 22.3 Å². The minimum atomic E-state index is -1.52. The number of likely N-dealkylation sites (tertiary alicyclic amines) is 1. The first-order valence-corrected chi connectivity index (χ1v) is 24.5. The van der Waals surface area contributed by atoms with E-state index < -0.39 is 108 Å². The van der Waals surface area contributed by atoms with Gasteiger partial charge >= 0.3 is 11.9 Å². The Morgan fingerprint density at radius 1 is 0.726 bits per heavy atom. The van der Waals surface area contributed by atoms with Crippen molar-refractivity contribution in [1.29, 1.82) is 0 Å². The maximum absolute atomic E-state index is 14.4. The molecule has 1 saturated heterocycles. The van der Waals surface area contributed by atoms with Gasteiger partial charge < -0.3 is 74.3 Å². The molecule has 7 amide bonds. The number of aliphatic carboxylic acids is 2. The summed E-state index contributed by atoms with van der Waals surface area (Å²) in [6.07, 6.45) is 2.29. The van der Waals surface area contributed by atoms with Gasteiger partial charge in [-0.2, -0.15) is 25.3 Å². The van der Waals surface area contributed by atoms with E-state index in [1.165, 1.54) is 41.7 Å². The summed E-state index contributed by atoms with van der Waals surface area (Å²) in [5.41, 5.74) is 18.1. The summed E-state index contributed by atoms with van der Waals surface area (Å²) in [7, 11) is 0. The first-order valence-electron chi connectivity index (χ1n) is 23.2. The van der Waals surface area contributed by atoms with Gasteiger partial charge in [-0.05, 0) is 61.1 Å². The summed E-state index contributed by atoms with van der Waals surface area (Å²) in [5, 5.41) is 44.4. The normalized spacial score (nSPS) is 15.9. The van der Waals surface area contributed by atoms with Crippen LogP contribution in [-0.4, -0.2) is 162 Å². The number of aliphatic imine (C=N–C) groups is 1. The number of amides is 7. The fraction of sp³-hybridized carbons (Fsp3) is 0.457. The lowest BCUT2D eigenvalue weighted by Gasteiger charge is -2.30. The Hall–Kier alpha value is -7.39. The second kappa shape index (κ2) is 29.2. The van der Waals surface area contributed by atoms with Gasteiger partial charge in [-0.15, -0.1) is 0 Å². The summed E-state index contributed by atoms with van der Waals surface area (Å²) in [4.78, 5) is 132. The van der Waals surface area contributed by atoms with E-state index >= 15 is 0 Å². The zero-order valence-electron chi connectivity index (χ0n) is 39.6. The van der Waals surface area contributed by atoms with E-state index in [0.29, 0.717) is 23.2 Å². The molecule has 0 radical (unpaired) electrons. The molecule has 0 unspecified atom stereocenters. The van der Waals surface area contributed by atoms with Crippen LogP contribution in [0.3, 0.4) is 0 Å². The molecule has 1 aliphatic rings. The number of H-pyrrole nitrogens is 1. The Morgan fingerprint density at radius 2 is 1.30 bits per heavy atom. The van der Waals surface area contributed by atoms with E-state index in [1.807, 2.05) is 0 Å². The van der Waals surface area contributed by atoms with Crippen molar-refractivity contribution in [3.8, 4) is 5.75 Å². The SMILES string of the molecule is NC(N)=NCCC[C@H](NC(=O)[C@@H](N)CC(=O)O)C(=O)N[C@@H](CCS)C(=O)N[C@@H](Cc1ccc(O)cc1)C(=O)N[C@@H](CS)C(=O)N[C@@H](Cc1cnc[nH]1)C(=O)N1CCC[C@H]1C(=O)N[C@@H](Cc1ccccc1)C(=O)O. The molecular formula is C46H63N13O12S2. The molecule has 25 nitrogen and oxygen atoms in total. The van der Waals surface area contributed by atoms with Crippen LogP contribution < -0.4 is 49.1 Å². The third-order valence-electron chi connectivity index (χ3n) is 11.5. The number of phenols is 1. The van der Waals surface area contributed by atoms with Crippen LogP contribution in [0.1, 0.15) is 55.3 Å². The van der Waals surface area contributed by atoms with Crippen LogP contribution in [0.5, 0.6) is 5.75 Å². The van der Waals surface area contributed by atoms with Crippen LogP contribution in [0.4, 0.5) is 0 Å². The van der Waals surface area contributed by atoms with E-state index in [-0.39, 0.29) is 81.3 Å². The van der Waals surface area contributed by atoms with Crippen molar-refractivity contribution in [3.05, 3.63) is 83.9 Å². The zero-order valence-corrected chi connectivity index (χ0v) is 41.4. The van der Waals surface area contributed by atoms with Gasteiger partial charge in [0.05, 0.1) is 18.8 Å². The average molecular weight is 1050 g/mol. The maximum atomic E-state index is 14.4. The molecular weight excluding hydrogens is 991 g/mol. The smallest absolute Gasteiger partial charge is 0.326 e. The Morgan fingerprint density at radius 3 is 1.90 bits per heavy atom. The van der Waals surface area contributed by atoms with Crippen LogP contribution in [0, 0.1) is 0 Å². The number of thiol groups is 2. The predicted molar refractivity (Wildman–Crippen MR) is 271 cm³/mol. The number of nitrogens with zero attached hydrogens (tertiary/aromatic N) is 3. The Balaban J connectivity index is 1.54. The second-order valence-corrected chi connectivity index (χ2v) is 17.9. The Bertz CT molecular complexity index is 2400. The third-order valence-corrected chi connectivity index (χ3v) is 12.1. The van der Waals surface area contributed by atoms with Crippen LogP contribution in [0.15, 0.2) is 72.1 Å². The number of carbonyl (C=O) groups is 9. The molecule has 0 bridgehead atoms. The molecule has 0 saturated carbocycles. The topological polar surface area (TPSA) is 409 Å². The van der Waals surface area contributed by atoms with Gasteiger partial charge in [-0.25, -0.2) is 9.78 Å². The molecule has 27 heteroatoms. The van der Waals surface area contributed by atoms with Crippen molar-refractivity contribution in [1.82, 2.24) is 46.8 Å². The number of carbonyl (C=O) groups excluding carboxylic acids is 7. The van der Waals surface area contributed by atoms with Gasteiger partial charge in [0, 0.05) is 50.0 Å². The van der Waals surface area contributed by atoms with Crippen molar-refractivity contribution in [2.45, 2.75) is 106 Å². The molecule has 16 N–H and O–H groups in total. The molecule has 3 aromatic rings. The lowest BCUT2D eigenvalue weighted by atomic mass is 10.0. The number of aromatic amines is 1. The van der Waals surface area contributed by atoms with E-state index in [1.54, 1.807) is 30.3 Å². The number of aromatic nitrogens is 2. The van der Waals surface area contributed by atoms with Gasteiger partial charge in [-0.3, -0.25) is 43.3 Å². The summed E-state index contributed by atoms with van der Waals surface area (Å²) >= 11 is 8.56. The van der Waals surface area contributed by atoms with Crippen molar-refractivity contribution in [2.24, 2.45) is 22.2 Å². The summed E-state index contributed by atoms with van der Waals surface area (Å²) in [6, 6.07) is 3.52. The maximum Gasteiger partial charge on any atom is 0.326 e. The highest BCUT2D eigenvalue weighted by Crippen LogP contribution is 2.21. The lowest BCUT2D eigenvalue weighted by Crippen LogP contribution is -2.61. The molecule has 73 heavy (non-hydrogen) atoms. The van der Waals surface area contributed by atoms with E-state index in [2.05, 4.69) is 72.1 Å². The molecule has 1 fully saturated rings. The van der Waals surface area contributed by atoms with Crippen LogP contribution in [0.2, 0.25) is 0 Å². The number of imidazole rings is 1. The van der Waals surface area contributed by atoms with Crippen LogP contribution in [0.25, 0.3) is 0 Å². The van der Waals surface area contributed by atoms with Gasteiger partial charge in [0.15, 0.2) is 5.96 Å². The molecule has 0 spiro atoms. The summed E-state index contributed by atoms with van der Waals surface area (Å²) in [5.74, 6) is -9.08. The standard InChI is InChI=1S/C46H63N13O12S2/c47-29(21-37(61)62)38(63)53-30(8-4-15-51-46(48)49)39(64)54-31(14-17-72)40(65)55-32(18-26-10-12-28(60)13-11-26)41(66)58-35(23-73)42(67)56-33(20-27-22-50-24-52-27)44(69)59-16-5-9-36(59)43(68)57-34(45(70)71)19-25-6-2-1-3-7-25/h1-3,6-7,10-13,22,24,29-36,60,72-73H,4-5,8-9,14-21,23,47H2,(H,50,52)(H,53,63)(H,54,64)(H,55,65)(H,56,67)(H,57,68)(H,58,66)(H,61,62)(H,70,71)(H4,48,49,51)/t29-,30-,31-,32-,33-,34-,35-,36-/m0/s1. The van der Waals surface area contributed by atoms with Gasteiger partial charge in [0.2, 0.25) is 41.4 Å². The molecule has 396 valence electrons. The van der Waals surface area contributed by atoms with E-state index in [0.717, 1.165) is 0 Å². The first-order chi connectivity index (χ1) is 34.8. The highest BCUT2D eigenvalue weighted by molar-refractivity contribution is 7.80. The molecule has 0 aliphatic carbocycles. The number of phenolic OH excluding ortho intramolecular Hbond substituents is 1. The summed E-state index contributed by atoms with van der Waals surface area (Å²) < 4.78 is 0. The molecule has 1 aromatic heterocycles. The average Bonchev–Trinajstić information content (AvgIpc) is 4.07. The largest absolute Gasteiger partial charge is 0.508 e. The number of aromatic hydroxyl groups is 1. The van der Waals surface area contributed by atoms with Crippen LogP contribution in [-0.2, 0) is 62.4 Å². The number of guanidine groups is 1. The number of nitrogens with two attached hydrogens (primary N) is 3. The predicted octanol–water partition coefficient (Wildman–Crippen LogP) is -2.77. The molecule has 2 heterocycles. The quantitative estimate of drug-likeness (QED) is 0.0145. The monoisotopic (exact) mass is 1050 g/mol. The van der Waals surface area contributed by atoms with Crippen molar-refractivity contribution >= 4 is 84.5 Å². The number of carboxylic acids is 2. The minimum absolute atomic E-state index is 0.01000. The Kier molecular flexibility index (Phi) is 23.3. The number of benzene rings is 2. The third kappa shape index (κ3) is 18.9. The number of nitrogens with one attached hydrogen (secondary N) is 7. The zero-order chi connectivity index (χ0) is 53.6. The van der Waals surface area contributed by atoms with E-state index in [9.17, 15) is 53.4 Å². The number of carboxylic acid groups (broad SMARTS) is 2. The lowest BCUT2D eigenvalue weighted by molar-refractivity contribution is -0.145. The van der Waals surface area contributed by atoms with Crippen LogP contribution >= 0.6 is 25.3 Å². The van der Waals surface area contributed by atoms with Gasteiger partial charge in [-0.1, -0.05) is 42.5 Å². The first kappa shape index (κ1) is 58.2. The van der Waals surface area contributed by atoms with Gasteiger partial charge in [0.25, 0.3) is 0 Å². The minimum Gasteiger partial charge on any atom is -0.508 e. The van der Waals surface area contributed by atoms with Crippen molar-refractivity contribution in [3.63, 3.8) is 0 Å². The fourth-order valence-electron chi connectivity index (χ4n) is 7.73.